The summed E-state index contributed by atoms with van der Waals surface area (Å²) in [5.74, 6) is 0.757. The molecule has 1 amide bonds. The van der Waals surface area contributed by atoms with E-state index in [1.807, 2.05) is 48.5 Å². The van der Waals surface area contributed by atoms with Crippen molar-refractivity contribution in [2.24, 2.45) is 0 Å². The van der Waals surface area contributed by atoms with Gasteiger partial charge in [0.1, 0.15) is 5.75 Å². The molecule has 0 saturated carbocycles. The first-order valence-corrected chi connectivity index (χ1v) is 7.89. The lowest BCUT2D eigenvalue weighted by molar-refractivity contribution is -0.126. The van der Waals surface area contributed by atoms with E-state index in [4.69, 9.17) is 16.3 Å². The number of carbonyl (C=O) groups excluding carboxylic acids is 1. The summed E-state index contributed by atoms with van der Waals surface area (Å²) in [7, 11) is 0. The zero-order valence-electron chi connectivity index (χ0n) is 12.5. The molecule has 2 aromatic rings. The van der Waals surface area contributed by atoms with Crippen LogP contribution < -0.4 is 9.64 Å². The fourth-order valence-electron chi connectivity index (χ4n) is 2.68. The van der Waals surface area contributed by atoms with E-state index in [1.54, 1.807) is 4.90 Å². The van der Waals surface area contributed by atoms with Crippen LogP contribution in [0.2, 0.25) is 5.02 Å². The molecule has 0 radical (unpaired) electrons. The van der Waals surface area contributed by atoms with Crippen LogP contribution in [0.25, 0.3) is 0 Å². The number of fused-ring (bicyclic) bond motifs is 1. The van der Waals surface area contributed by atoms with Gasteiger partial charge in [0.15, 0.2) is 6.10 Å². The van der Waals surface area contributed by atoms with E-state index in [1.165, 1.54) is 0 Å². The molecule has 1 heterocycles. The smallest absolute Gasteiger partial charge is 0.268 e. The third-order valence-corrected chi connectivity index (χ3v) is 4.17. The average molecular weight is 316 g/mol. The molecule has 22 heavy (non-hydrogen) atoms. The third kappa shape index (κ3) is 2.81. The van der Waals surface area contributed by atoms with E-state index in [-0.39, 0.29) is 5.91 Å². The normalized spacial score (nSPS) is 17.1. The van der Waals surface area contributed by atoms with Crippen LogP contribution in [0.1, 0.15) is 25.3 Å². The number of anilines is 1. The van der Waals surface area contributed by atoms with Crippen LogP contribution in [0, 0.1) is 0 Å². The lowest BCUT2D eigenvalue weighted by Gasteiger charge is -2.34. The van der Waals surface area contributed by atoms with Crippen LogP contribution >= 0.6 is 11.6 Å². The van der Waals surface area contributed by atoms with E-state index in [2.05, 4.69) is 6.92 Å². The number of benzene rings is 2. The summed E-state index contributed by atoms with van der Waals surface area (Å²) in [6.07, 6.45) is 1.20. The number of para-hydroxylation sites is 2. The number of hydrogen-bond donors (Lipinski definition) is 0. The quantitative estimate of drug-likeness (QED) is 0.835. The van der Waals surface area contributed by atoms with Gasteiger partial charge in [0, 0.05) is 5.02 Å². The third-order valence-electron chi connectivity index (χ3n) is 3.80. The summed E-state index contributed by atoms with van der Waals surface area (Å²) in [6, 6.07) is 15.3. The van der Waals surface area contributed by atoms with Crippen molar-refractivity contribution in [3.63, 3.8) is 0 Å². The molecule has 0 bridgehead atoms. The maximum Gasteiger partial charge on any atom is 0.268 e. The van der Waals surface area contributed by atoms with Crippen molar-refractivity contribution in [3.8, 4) is 5.75 Å². The van der Waals surface area contributed by atoms with Crippen molar-refractivity contribution >= 4 is 23.2 Å². The van der Waals surface area contributed by atoms with Gasteiger partial charge in [-0.25, -0.2) is 0 Å². The van der Waals surface area contributed by atoms with Crippen molar-refractivity contribution in [2.45, 2.75) is 32.4 Å². The highest BCUT2D eigenvalue weighted by atomic mass is 35.5. The Hall–Kier alpha value is -2.00. The predicted octanol–water partition coefficient (Wildman–Crippen LogP) is 4.43. The van der Waals surface area contributed by atoms with E-state index >= 15 is 0 Å². The van der Waals surface area contributed by atoms with Crippen molar-refractivity contribution in [3.05, 3.63) is 59.1 Å². The van der Waals surface area contributed by atoms with Gasteiger partial charge in [-0.15, -0.1) is 0 Å². The fourth-order valence-corrected chi connectivity index (χ4v) is 2.88. The Kier molecular flexibility index (Phi) is 4.34. The van der Waals surface area contributed by atoms with Crippen LogP contribution in [-0.4, -0.2) is 12.0 Å². The minimum absolute atomic E-state index is 0.000435. The molecule has 1 unspecified atom stereocenters. The molecule has 3 nitrogen and oxygen atoms in total. The Morgan fingerprint density at radius 2 is 1.86 bits per heavy atom. The summed E-state index contributed by atoms with van der Waals surface area (Å²) in [4.78, 5) is 14.5. The molecular weight excluding hydrogens is 298 g/mol. The SMILES string of the molecule is CCCC1Oc2ccccc2N(Cc2ccccc2Cl)C1=O. The second-order valence-electron chi connectivity index (χ2n) is 5.38. The van der Waals surface area contributed by atoms with E-state index in [0.717, 1.165) is 23.4 Å². The first-order chi connectivity index (χ1) is 10.7. The van der Waals surface area contributed by atoms with Crippen LogP contribution in [0.4, 0.5) is 5.69 Å². The molecule has 1 atom stereocenters. The Morgan fingerprint density at radius 3 is 2.64 bits per heavy atom. The zero-order chi connectivity index (χ0) is 15.5. The highest BCUT2D eigenvalue weighted by molar-refractivity contribution is 6.31. The second kappa shape index (κ2) is 6.41. The number of halogens is 1. The number of carbonyl (C=O) groups is 1. The minimum atomic E-state index is -0.414. The Morgan fingerprint density at radius 1 is 1.14 bits per heavy atom. The largest absolute Gasteiger partial charge is 0.478 e. The Labute approximate surface area is 135 Å². The second-order valence-corrected chi connectivity index (χ2v) is 5.79. The number of ether oxygens (including phenoxy) is 1. The summed E-state index contributed by atoms with van der Waals surface area (Å²) in [5, 5.41) is 0.673. The fraction of sp³-hybridized carbons (Fsp3) is 0.278. The highest BCUT2D eigenvalue weighted by Gasteiger charge is 2.33. The molecule has 1 aliphatic rings. The van der Waals surface area contributed by atoms with E-state index in [0.29, 0.717) is 18.0 Å². The highest BCUT2D eigenvalue weighted by Crippen LogP contribution is 2.36. The molecule has 114 valence electrons. The summed E-state index contributed by atoms with van der Waals surface area (Å²) in [5.41, 5.74) is 1.74. The topological polar surface area (TPSA) is 29.5 Å². The standard InChI is InChI=1S/C18H18ClNO2/c1-2-7-17-18(21)20(12-13-8-3-4-9-14(13)19)15-10-5-6-11-16(15)22-17/h3-6,8-11,17H,2,7,12H2,1H3. The number of hydrogen-bond acceptors (Lipinski definition) is 2. The number of amides is 1. The Balaban J connectivity index is 1.97. The monoisotopic (exact) mass is 315 g/mol. The lowest BCUT2D eigenvalue weighted by atomic mass is 10.1. The molecule has 3 rings (SSSR count). The van der Waals surface area contributed by atoms with Crippen LogP contribution in [0.3, 0.4) is 0 Å². The van der Waals surface area contributed by atoms with Gasteiger partial charge >= 0.3 is 0 Å². The van der Waals surface area contributed by atoms with Gasteiger partial charge in [0.05, 0.1) is 12.2 Å². The molecule has 1 aliphatic heterocycles. The van der Waals surface area contributed by atoms with Gasteiger partial charge < -0.3 is 9.64 Å². The van der Waals surface area contributed by atoms with Gasteiger partial charge in [-0.1, -0.05) is 55.3 Å². The van der Waals surface area contributed by atoms with E-state index in [9.17, 15) is 4.79 Å². The molecule has 0 spiro atoms. The molecule has 0 aliphatic carbocycles. The molecule has 0 fully saturated rings. The minimum Gasteiger partial charge on any atom is -0.478 e. The number of rotatable bonds is 4. The first kappa shape index (κ1) is 14.9. The summed E-state index contributed by atoms with van der Waals surface area (Å²) >= 11 is 6.25. The first-order valence-electron chi connectivity index (χ1n) is 7.51. The van der Waals surface area contributed by atoms with Gasteiger partial charge in [-0.05, 0) is 30.2 Å². The van der Waals surface area contributed by atoms with E-state index < -0.39 is 6.10 Å². The van der Waals surface area contributed by atoms with Crippen LogP contribution in [0.5, 0.6) is 5.75 Å². The molecule has 0 aromatic heterocycles. The van der Waals surface area contributed by atoms with Crippen molar-refractivity contribution < 1.29 is 9.53 Å². The van der Waals surface area contributed by atoms with Crippen molar-refractivity contribution in [2.75, 3.05) is 4.90 Å². The molecule has 4 heteroatoms. The molecule has 2 aromatic carbocycles. The van der Waals surface area contributed by atoms with Crippen LogP contribution in [-0.2, 0) is 11.3 Å². The summed E-state index contributed by atoms with van der Waals surface area (Å²) in [6.45, 7) is 2.51. The maximum absolute atomic E-state index is 12.8. The van der Waals surface area contributed by atoms with Crippen molar-refractivity contribution in [1.29, 1.82) is 0 Å². The van der Waals surface area contributed by atoms with Gasteiger partial charge in [0.25, 0.3) is 5.91 Å². The van der Waals surface area contributed by atoms with Crippen LogP contribution in [0.15, 0.2) is 48.5 Å². The molecule has 0 saturated heterocycles. The zero-order valence-corrected chi connectivity index (χ0v) is 13.2. The van der Waals surface area contributed by atoms with Gasteiger partial charge in [0.2, 0.25) is 0 Å². The van der Waals surface area contributed by atoms with Gasteiger partial charge in [-0.2, -0.15) is 0 Å². The number of nitrogens with zero attached hydrogens (tertiary/aromatic N) is 1. The predicted molar refractivity (Wildman–Crippen MR) is 88.4 cm³/mol. The lowest BCUT2D eigenvalue weighted by Crippen LogP contribution is -2.45. The van der Waals surface area contributed by atoms with Crippen molar-refractivity contribution in [1.82, 2.24) is 0 Å². The average Bonchev–Trinajstić information content (AvgIpc) is 2.53. The maximum atomic E-state index is 12.8. The molecule has 0 N–H and O–H groups in total. The molecular formula is C18H18ClNO2. The Bertz CT molecular complexity index is 686. The van der Waals surface area contributed by atoms with Gasteiger partial charge in [-0.3, -0.25) is 4.79 Å². The summed E-state index contributed by atoms with van der Waals surface area (Å²) < 4.78 is 5.86.